The summed E-state index contributed by atoms with van der Waals surface area (Å²) in [7, 11) is 0.598. The van der Waals surface area contributed by atoms with Crippen LogP contribution < -0.4 is 11.2 Å². The number of aliphatic hydroxyl groups excluding tert-OH is 7. The van der Waals surface area contributed by atoms with Crippen LogP contribution in [-0.4, -0.2) is 121 Å². The SMILES string of the molecule is CO.CO.O=C1C(OPOPOCC2OC(n3ccc(=O)[nH]c3=O)C(O)C2O)OC(CO)C(O)C1O. The lowest BCUT2D eigenvalue weighted by Gasteiger charge is -2.34. The second-order valence-corrected chi connectivity index (χ2v) is 8.46. The third kappa shape index (κ3) is 8.37. The van der Waals surface area contributed by atoms with E-state index in [4.69, 9.17) is 38.2 Å². The van der Waals surface area contributed by atoms with E-state index < -0.39 is 90.8 Å². The molecule has 8 N–H and O–H groups in total. The van der Waals surface area contributed by atoms with Gasteiger partial charge in [0.05, 0.1) is 13.2 Å². The highest BCUT2D eigenvalue weighted by molar-refractivity contribution is 7.40. The van der Waals surface area contributed by atoms with Crippen LogP contribution in [0.2, 0.25) is 0 Å². The smallest absolute Gasteiger partial charge is 0.330 e. The molecule has 1 aromatic rings. The number of nitrogens with one attached hydrogen (secondary N) is 1. The van der Waals surface area contributed by atoms with Crippen molar-refractivity contribution in [2.45, 2.75) is 49.1 Å². The highest BCUT2D eigenvalue weighted by Gasteiger charge is 2.45. The van der Waals surface area contributed by atoms with Crippen LogP contribution >= 0.6 is 18.1 Å². The van der Waals surface area contributed by atoms with Crippen molar-refractivity contribution < 1.29 is 63.4 Å². The Balaban J connectivity index is 0.00000154. The lowest BCUT2D eigenvalue weighted by molar-refractivity contribution is -0.218. The number of H-pyrrole nitrogens is 1. The minimum absolute atomic E-state index is 0.230. The number of nitrogens with zero attached hydrogens (tertiary/aromatic N) is 1. The molecule has 3 rings (SSSR count). The van der Waals surface area contributed by atoms with Gasteiger partial charge in [-0.3, -0.25) is 28.0 Å². The van der Waals surface area contributed by atoms with Crippen molar-refractivity contribution >= 4 is 23.9 Å². The molecule has 0 radical (unpaired) electrons. The van der Waals surface area contributed by atoms with Crippen LogP contribution in [0.15, 0.2) is 21.9 Å². The van der Waals surface area contributed by atoms with Crippen LogP contribution in [-0.2, 0) is 27.6 Å². The Hall–Kier alpha value is -1.27. The van der Waals surface area contributed by atoms with Crippen LogP contribution in [0, 0.1) is 0 Å². The van der Waals surface area contributed by atoms with Gasteiger partial charge in [0.1, 0.15) is 36.6 Å². The van der Waals surface area contributed by atoms with E-state index in [1.165, 1.54) is 0 Å². The number of rotatable bonds is 9. The predicted molar refractivity (Wildman–Crippen MR) is 121 cm³/mol. The van der Waals surface area contributed by atoms with Crippen LogP contribution in [0.25, 0.3) is 0 Å². The number of ether oxygens (including phenoxy) is 2. The maximum absolute atomic E-state index is 11.8. The summed E-state index contributed by atoms with van der Waals surface area (Å²) >= 11 is 0. The zero-order valence-electron chi connectivity index (χ0n) is 19.0. The molecule has 3 heterocycles. The van der Waals surface area contributed by atoms with Gasteiger partial charge in [-0.15, -0.1) is 0 Å². The fourth-order valence-corrected chi connectivity index (χ4v) is 4.06. The number of ketones is 1. The topological polar surface area (TPSA) is 260 Å². The summed E-state index contributed by atoms with van der Waals surface area (Å²) in [6, 6.07) is 1.06. The molecule has 208 valence electrons. The fraction of sp³-hybridized carbons (Fsp3) is 0.706. The Morgan fingerprint density at radius 2 is 1.64 bits per heavy atom. The average Bonchev–Trinajstić information content (AvgIpc) is 3.16. The molecule has 36 heavy (non-hydrogen) atoms. The molecular formula is C17H30N2O15P2. The number of hydrogen-bond donors (Lipinski definition) is 8. The highest BCUT2D eigenvalue weighted by atomic mass is 31.2. The molecule has 1 aromatic heterocycles. The monoisotopic (exact) mass is 564 g/mol. The molecular weight excluding hydrogens is 534 g/mol. The number of aliphatic hydroxyl groups is 7. The maximum Gasteiger partial charge on any atom is 0.330 e. The zero-order chi connectivity index (χ0) is 27.4. The van der Waals surface area contributed by atoms with Crippen LogP contribution in [0.1, 0.15) is 6.23 Å². The summed E-state index contributed by atoms with van der Waals surface area (Å²) in [6.07, 6.45) is -10.1. The number of carbonyl (C=O) groups excluding carboxylic acids is 1. The second-order valence-electron chi connectivity index (χ2n) is 6.79. The van der Waals surface area contributed by atoms with E-state index in [1.54, 1.807) is 0 Å². The van der Waals surface area contributed by atoms with Crippen molar-refractivity contribution in [1.29, 1.82) is 0 Å². The first-order chi connectivity index (χ1) is 17.2. The standard InChI is InChI=1S/C15H22N2O13P2.2CH4O/c18-3-5-8(20)10(22)12(24)14(28-5)29-32-30-31-26-4-6-9(21)11(23)13(27-6)17-2-1-7(19)16-15(17)25;2*1-2/h1-2,5-6,8-11,13-14,18,20-23,31-32H,3-4H2,(H,16,19,25);2*2H,1H3. The first-order valence-electron chi connectivity index (χ1n) is 10.1. The molecule has 0 spiro atoms. The Bertz CT molecular complexity index is 901. The molecule has 0 amide bonds. The summed E-state index contributed by atoms with van der Waals surface area (Å²) < 4.78 is 26.7. The van der Waals surface area contributed by atoms with Crippen molar-refractivity contribution in [2.75, 3.05) is 27.4 Å². The largest absolute Gasteiger partial charge is 0.400 e. The molecule has 2 aliphatic rings. The van der Waals surface area contributed by atoms with E-state index in [-0.39, 0.29) is 6.61 Å². The Labute approximate surface area is 207 Å². The molecule has 2 fully saturated rings. The van der Waals surface area contributed by atoms with E-state index in [9.17, 15) is 34.8 Å². The first kappa shape index (κ1) is 32.8. The Morgan fingerprint density at radius 1 is 0.972 bits per heavy atom. The van der Waals surface area contributed by atoms with Gasteiger partial charge in [0.15, 0.2) is 24.3 Å². The molecule has 0 aliphatic carbocycles. The molecule has 2 aliphatic heterocycles. The van der Waals surface area contributed by atoms with Crippen LogP contribution in [0.3, 0.4) is 0 Å². The first-order valence-corrected chi connectivity index (χ1v) is 11.7. The van der Waals surface area contributed by atoms with Crippen LogP contribution in [0.4, 0.5) is 0 Å². The molecule has 0 aromatic carbocycles. The third-order valence-electron chi connectivity index (χ3n) is 4.71. The zero-order valence-corrected chi connectivity index (χ0v) is 21.0. The quantitative estimate of drug-likeness (QED) is 0.104. The summed E-state index contributed by atoms with van der Waals surface area (Å²) in [6.45, 7) is -0.867. The van der Waals surface area contributed by atoms with Gasteiger partial charge >= 0.3 is 5.69 Å². The second kappa shape index (κ2) is 16.5. The lowest BCUT2D eigenvalue weighted by atomic mass is 10.0. The van der Waals surface area contributed by atoms with Gasteiger partial charge in [-0.25, -0.2) is 4.79 Å². The van der Waals surface area contributed by atoms with E-state index in [2.05, 4.69) is 0 Å². The molecule has 10 unspecified atom stereocenters. The van der Waals surface area contributed by atoms with E-state index >= 15 is 0 Å². The minimum Gasteiger partial charge on any atom is -0.400 e. The number of aromatic nitrogens is 2. The van der Waals surface area contributed by atoms with Gasteiger partial charge < -0.3 is 49.7 Å². The molecule has 2 saturated heterocycles. The third-order valence-corrected chi connectivity index (χ3v) is 5.98. The fourth-order valence-electron chi connectivity index (χ4n) is 3.01. The normalized spacial score (nSPS) is 32.4. The predicted octanol–water partition coefficient (Wildman–Crippen LogP) is -4.55. The molecule has 17 nitrogen and oxygen atoms in total. The van der Waals surface area contributed by atoms with Crippen LogP contribution in [0.5, 0.6) is 0 Å². The summed E-state index contributed by atoms with van der Waals surface area (Å²) in [5, 5.41) is 62.6. The molecule has 19 heteroatoms. The van der Waals surface area contributed by atoms with E-state index in [0.29, 0.717) is 0 Å². The summed E-state index contributed by atoms with van der Waals surface area (Å²) in [5.74, 6) is -0.928. The van der Waals surface area contributed by atoms with Gasteiger partial charge in [-0.1, -0.05) is 0 Å². The molecule has 0 bridgehead atoms. The Kier molecular flexibility index (Phi) is 15.1. The van der Waals surface area contributed by atoms with Crippen molar-refractivity contribution in [3.05, 3.63) is 33.1 Å². The van der Waals surface area contributed by atoms with Gasteiger partial charge in [-0.05, 0) is 0 Å². The van der Waals surface area contributed by atoms with Gasteiger partial charge in [0, 0.05) is 26.5 Å². The lowest BCUT2D eigenvalue weighted by Crippen LogP contribution is -2.56. The van der Waals surface area contributed by atoms with Crippen molar-refractivity contribution in [1.82, 2.24) is 9.55 Å². The summed E-state index contributed by atoms with van der Waals surface area (Å²) in [5.41, 5.74) is -1.45. The molecule has 0 saturated carbocycles. The highest BCUT2D eigenvalue weighted by Crippen LogP contribution is 2.34. The Morgan fingerprint density at radius 3 is 2.25 bits per heavy atom. The van der Waals surface area contributed by atoms with Crippen molar-refractivity contribution in [2.24, 2.45) is 0 Å². The minimum atomic E-state index is -1.77. The maximum atomic E-state index is 11.8. The van der Waals surface area contributed by atoms with Gasteiger partial charge in [0.25, 0.3) is 5.56 Å². The number of carbonyl (C=O) groups is 1. The van der Waals surface area contributed by atoms with E-state index in [0.717, 1.165) is 31.0 Å². The van der Waals surface area contributed by atoms with E-state index in [1.807, 2.05) is 4.98 Å². The van der Waals surface area contributed by atoms with Gasteiger partial charge in [-0.2, -0.15) is 0 Å². The summed E-state index contributed by atoms with van der Waals surface area (Å²) in [4.78, 5) is 36.8. The average molecular weight is 564 g/mol. The van der Waals surface area contributed by atoms with Gasteiger partial charge in [0.2, 0.25) is 12.1 Å². The number of hydrogen-bond acceptors (Lipinski definition) is 15. The number of Topliss-reactive ketones (excluding diaryl/α,β-unsaturated/α-hetero) is 1. The number of aromatic amines is 1. The van der Waals surface area contributed by atoms with Crippen molar-refractivity contribution in [3.8, 4) is 0 Å². The van der Waals surface area contributed by atoms with Crippen molar-refractivity contribution in [3.63, 3.8) is 0 Å². The molecule has 10 atom stereocenters.